The summed E-state index contributed by atoms with van der Waals surface area (Å²) < 4.78 is 6.91. The Kier molecular flexibility index (Phi) is 4.41. The number of oxazole rings is 1. The van der Waals surface area contributed by atoms with E-state index in [-0.39, 0.29) is 5.76 Å². The molecule has 2 aromatic heterocycles. The maximum atomic E-state index is 11.8. The Balaban J connectivity index is 1.59. The summed E-state index contributed by atoms with van der Waals surface area (Å²) in [6, 6.07) is 7.51. The summed E-state index contributed by atoms with van der Waals surface area (Å²) in [7, 11) is 0. The molecule has 0 N–H and O–H groups in total. The minimum Gasteiger partial charge on any atom is -0.408 e. The molecule has 0 aliphatic heterocycles. The molecule has 0 spiro atoms. The van der Waals surface area contributed by atoms with Crippen LogP contribution in [0, 0.1) is 0 Å². The number of unbranched alkanes of at least 4 members (excludes halogenated alkanes) is 1. The fraction of sp³-hybridized carbons (Fsp3) is 0.333. The normalized spacial score (nSPS) is 11.3. The van der Waals surface area contributed by atoms with Gasteiger partial charge in [-0.15, -0.1) is 22.9 Å². The highest BCUT2D eigenvalue weighted by molar-refractivity contribution is 7.09. The van der Waals surface area contributed by atoms with Gasteiger partial charge in [0.15, 0.2) is 5.58 Å². The van der Waals surface area contributed by atoms with Gasteiger partial charge in [-0.3, -0.25) is 4.57 Å². The molecule has 0 atom stereocenters. The Labute approximate surface area is 131 Å². The van der Waals surface area contributed by atoms with Crippen LogP contribution in [0.1, 0.15) is 23.5 Å². The monoisotopic (exact) mass is 322 g/mol. The molecule has 4 nitrogen and oxygen atoms in total. The molecule has 0 radical (unpaired) electrons. The lowest BCUT2D eigenvalue weighted by molar-refractivity contribution is 0.492. The number of fused-ring (bicyclic) bond motifs is 1. The van der Waals surface area contributed by atoms with Gasteiger partial charge in [0.25, 0.3) is 0 Å². The molecule has 110 valence electrons. The van der Waals surface area contributed by atoms with E-state index in [2.05, 4.69) is 4.98 Å². The predicted octanol–water partition coefficient (Wildman–Crippen LogP) is 3.81. The van der Waals surface area contributed by atoms with E-state index in [1.54, 1.807) is 15.9 Å². The molecule has 0 fully saturated rings. The quantitative estimate of drug-likeness (QED) is 0.512. The van der Waals surface area contributed by atoms with Crippen LogP contribution in [0.2, 0.25) is 0 Å². The van der Waals surface area contributed by atoms with Gasteiger partial charge in [0.05, 0.1) is 22.1 Å². The van der Waals surface area contributed by atoms with Gasteiger partial charge in [-0.1, -0.05) is 12.1 Å². The third-order valence-electron chi connectivity index (χ3n) is 3.33. The number of rotatable bonds is 6. The van der Waals surface area contributed by atoms with Crippen LogP contribution < -0.4 is 5.76 Å². The molecule has 3 aromatic rings. The first-order valence-electron chi connectivity index (χ1n) is 6.85. The van der Waals surface area contributed by atoms with Crippen molar-refractivity contribution in [2.75, 3.05) is 0 Å². The molecular formula is C15H15ClN2O2S. The molecule has 0 saturated heterocycles. The fourth-order valence-electron chi connectivity index (χ4n) is 2.30. The van der Waals surface area contributed by atoms with E-state index in [0.717, 1.165) is 35.5 Å². The lowest BCUT2D eigenvalue weighted by Gasteiger charge is -2.01. The number of para-hydroxylation sites is 2. The van der Waals surface area contributed by atoms with Gasteiger partial charge in [0.1, 0.15) is 0 Å². The van der Waals surface area contributed by atoms with E-state index in [0.29, 0.717) is 18.0 Å². The average Bonchev–Trinajstić information content (AvgIpc) is 3.08. The average molecular weight is 323 g/mol. The third kappa shape index (κ3) is 3.19. The summed E-state index contributed by atoms with van der Waals surface area (Å²) >= 11 is 7.38. The number of halogens is 1. The minimum absolute atomic E-state index is 0.283. The molecule has 6 heteroatoms. The Bertz CT molecular complexity index is 790. The largest absolute Gasteiger partial charge is 0.419 e. The number of hydrogen-bond acceptors (Lipinski definition) is 4. The maximum absolute atomic E-state index is 11.8. The van der Waals surface area contributed by atoms with Crippen molar-refractivity contribution in [3.63, 3.8) is 0 Å². The molecule has 21 heavy (non-hydrogen) atoms. The zero-order valence-electron chi connectivity index (χ0n) is 11.4. The molecule has 1 aromatic carbocycles. The van der Waals surface area contributed by atoms with E-state index in [9.17, 15) is 4.79 Å². The number of alkyl halides is 1. The van der Waals surface area contributed by atoms with Crippen LogP contribution in [-0.4, -0.2) is 9.55 Å². The van der Waals surface area contributed by atoms with E-state index in [4.69, 9.17) is 16.0 Å². The predicted molar refractivity (Wildman–Crippen MR) is 85.1 cm³/mol. The number of benzene rings is 1. The van der Waals surface area contributed by atoms with Crippen LogP contribution in [0.3, 0.4) is 0 Å². The summed E-state index contributed by atoms with van der Waals surface area (Å²) in [5.74, 6) is 0.183. The van der Waals surface area contributed by atoms with Crippen LogP contribution in [0.5, 0.6) is 0 Å². The van der Waals surface area contributed by atoms with E-state index >= 15 is 0 Å². The number of thiazole rings is 1. The second kappa shape index (κ2) is 6.45. The highest BCUT2D eigenvalue weighted by atomic mass is 35.5. The van der Waals surface area contributed by atoms with Crippen molar-refractivity contribution in [2.45, 2.75) is 31.7 Å². The summed E-state index contributed by atoms with van der Waals surface area (Å²) in [5.41, 5.74) is 2.45. The summed E-state index contributed by atoms with van der Waals surface area (Å²) in [4.78, 5) is 16.2. The van der Waals surface area contributed by atoms with Gasteiger partial charge in [-0.05, 0) is 31.4 Å². The van der Waals surface area contributed by atoms with Gasteiger partial charge in [-0.25, -0.2) is 9.78 Å². The second-order valence-electron chi connectivity index (χ2n) is 4.81. The highest BCUT2D eigenvalue weighted by Crippen LogP contribution is 2.16. The Morgan fingerprint density at radius 3 is 2.95 bits per heavy atom. The van der Waals surface area contributed by atoms with Crippen molar-refractivity contribution in [3.05, 3.63) is 50.9 Å². The molecule has 0 aliphatic carbocycles. The van der Waals surface area contributed by atoms with Gasteiger partial charge in [-0.2, -0.15) is 0 Å². The molecule has 0 bridgehead atoms. The molecule has 0 aliphatic rings. The molecule has 0 amide bonds. The van der Waals surface area contributed by atoms with E-state index in [1.807, 2.05) is 29.6 Å². The molecule has 2 heterocycles. The highest BCUT2D eigenvalue weighted by Gasteiger charge is 2.08. The molecule has 3 rings (SSSR count). The van der Waals surface area contributed by atoms with Crippen molar-refractivity contribution in [2.24, 2.45) is 0 Å². The topological polar surface area (TPSA) is 48.0 Å². The van der Waals surface area contributed by atoms with E-state index < -0.39 is 0 Å². The molecule has 0 unspecified atom stereocenters. The zero-order valence-corrected chi connectivity index (χ0v) is 13.0. The third-order valence-corrected chi connectivity index (χ3v) is 4.56. The van der Waals surface area contributed by atoms with Crippen LogP contribution in [0.15, 0.2) is 38.9 Å². The number of aryl methyl sites for hydroxylation is 2. The standard InChI is InChI=1S/C15H15ClN2O2S/c16-9-11-10-21-14(17-11)7-3-4-8-18-12-5-1-2-6-13(12)20-15(18)19/h1-2,5-6,10H,3-4,7-9H2. The van der Waals surface area contributed by atoms with Gasteiger partial charge in [0.2, 0.25) is 0 Å². The Morgan fingerprint density at radius 2 is 2.14 bits per heavy atom. The zero-order chi connectivity index (χ0) is 14.7. The Morgan fingerprint density at radius 1 is 1.29 bits per heavy atom. The first kappa shape index (κ1) is 14.4. The van der Waals surface area contributed by atoms with Crippen LogP contribution in [-0.2, 0) is 18.8 Å². The summed E-state index contributed by atoms with van der Waals surface area (Å²) in [5, 5.41) is 3.10. The van der Waals surface area contributed by atoms with Crippen molar-refractivity contribution < 1.29 is 4.42 Å². The first-order valence-corrected chi connectivity index (χ1v) is 8.27. The maximum Gasteiger partial charge on any atom is 0.419 e. The van der Waals surface area contributed by atoms with Gasteiger partial charge >= 0.3 is 5.76 Å². The van der Waals surface area contributed by atoms with Crippen molar-refractivity contribution in [1.82, 2.24) is 9.55 Å². The van der Waals surface area contributed by atoms with Crippen molar-refractivity contribution >= 4 is 34.0 Å². The SMILES string of the molecule is O=c1oc2ccccc2n1CCCCc1nc(CCl)cs1. The van der Waals surface area contributed by atoms with Crippen LogP contribution in [0.4, 0.5) is 0 Å². The number of aromatic nitrogens is 2. The van der Waals surface area contributed by atoms with Crippen molar-refractivity contribution in [3.8, 4) is 0 Å². The number of nitrogens with zero attached hydrogens (tertiary/aromatic N) is 2. The number of hydrogen-bond donors (Lipinski definition) is 0. The van der Waals surface area contributed by atoms with Gasteiger partial charge < -0.3 is 4.42 Å². The first-order chi connectivity index (χ1) is 10.3. The molecule has 0 saturated carbocycles. The summed E-state index contributed by atoms with van der Waals surface area (Å²) in [6.45, 7) is 0.670. The van der Waals surface area contributed by atoms with E-state index in [1.165, 1.54) is 0 Å². The second-order valence-corrected chi connectivity index (χ2v) is 6.02. The summed E-state index contributed by atoms with van der Waals surface area (Å²) in [6.07, 6.45) is 2.83. The van der Waals surface area contributed by atoms with Gasteiger partial charge in [0, 0.05) is 11.9 Å². The molecular weight excluding hydrogens is 308 g/mol. The Hall–Kier alpha value is -1.59. The fourth-order valence-corrected chi connectivity index (χ4v) is 3.37. The van der Waals surface area contributed by atoms with Crippen LogP contribution in [0.25, 0.3) is 11.1 Å². The van der Waals surface area contributed by atoms with Crippen LogP contribution >= 0.6 is 22.9 Å². The minimum atomic E-state index is -0.283. The van der Waals surface area contributed by atoms with Crippen molar-refractivity contribution in [1.29, 1.82) is 0 Å². The lowest BCUT2D eigenvalue weighted by Crippen LogP contribution is -2.14. The smallest absolute Gasteiger partial charge is 0.408 e. The lowest BCUT2D eigenvalue weighted by atomic mass is 10.2.